The average molecular weight is 231 g/mol. The van der Waals surface area contributed by atoms with Gasteiger partial charge in [-0.3, -0.25) is 0 Å². The molecule has 1 heterocycles. The van der Waals surface area contributed by atoms with E-state index in [9.17, 15) is 0 Å². The monoisotopic (exact) mass is 231 g/mol. The molecule has 2 aromatic rings. The van der Waals surface area contributed by atoms with Crippen molar-refractivity contribution in [3.63, 3.8) is 0 Å². The van der Waals surface area contributed by atoms with Gasteiger partial charge >= 0.3 is 0 Å². The first-order chi connectivity index (χ1) is 8.25. The first-order valence-electron chi connectivity index (χ1n) is 5.05. The normalized spacial score (nSPS) is 10.7. The molecule has 2 N–H and O–H groups in total. The molecule has 0 aliphatic carbocycles. The van der Waals surface area contributed by atoms with Gasteiger partial charge in [0.25, 0.3) is 5.95 Å². The van der Waals surface area contributed by atoms with Gasteiger partial charge in [-0.05, 0) is 22.9 Å². The van der Waals surface area contributed by atoms with E-state index in [4.69, 9.17) is 0 Å². The number of tetrazole rings is 1. The van der Waals surface area contributed by atoms with Crippen LogP contribution in [0.15, 0.2) is 29.4 Å². The summed E-state index contributed by atoms with van der Waals surface area (Å²) in [6.45, 7) is 0. The van der Waals surface area contributed by atoms with Gasteiger partial charge < -0.3 is 4.90 Å². The number of aromatic amines is 1. The Morgan fingerprint density at radius 2 is 2.06 bits per heavy atom. The van der Waals surface area contributed by atoms with Crippen LogP contribution in [0.3, 0.4) is 0 Å². The topological polar surface area (TPSA) is 82.1 Å². The molecule has 0 aliphatic heterocycles. The van der Waals surface area contributed by atoms with E-state index in [0.29, 0.717) is 5.95 Å². The number of benzene rings is 1. The van der Waals surface area contributed by atoms with Gasteiger partial charge in [-0.25, -0.2) is 5.43 Å². The van der Waals surface area contributed by atoms with Crippen molar-refractivity contribution in [3.8, 4) is 0 Å². The van der Waals surface area contributed by atoms with Crippen LogP contribution < -0.4 is 10.3 Å². The molecule has 0 amide bonds. The minimum absolute atomic E-state index is 0.339. The maximum Gasteiger partial charge on any atom is 0.283 e. The van der Waals surface area contributed by atoms with Crippen LogP contribution in [0.2, 0.25) is 0 Å². The summed E-state index contributed by atoms with van der Waals surface area (Å²) < 4.78 is 0. The maximum absolute atomic E-state index is 3.98. The highest BCUT2D eigenvalue weighted by molar-refractivity contribution is 5.80. The van der Waals surface area contributed by atoms with E-state index in [2.05, 4.69) is 31.2 Å². The quantitative estimate of drug-likeness (QED) is 0.598. The van der Waals surface area contributed by atoms with Gasteiger partial charge in [0.1, 0.15) is 0 Å². The molecule has 0 saturated heterocycles. The van der Waals surface area contributed by atoms with Crippen LogP contribution in [0.4, 0.5) is 11.6 Å². The Morgan fingerprint density at radius 3 is 2.65 bits per heavy atom. The Labute approximate surface area is 98.5 Å². The van der Waals surface area contributed by atoms with Gasteiger partial charge in [0.2, 0.25) is 0 Å². The summed E-state index contributed by atoms with van der Waals surface area (Å²) >= 11 is 0. The summed E-state index contributed by atoms with van der Waals surface area (Å²) in [4.78, 5) is 2.04. The number of nitrogens with zero attached hydrogens (tertiary/aromatic N) is 5. The fourth-order valence-electron chi connectivity index (χ4n) is 1.23. The lowest BCUT2D eigenvalue weighted by Gasteiger charge is -2.11. The number of nitrogens with one attached hydrogen (secondary N) is 2. The van der Waals surface area contributed by atoms with Gasteiger partial charge in [0, 0.05) is 19.8 Å². The van der Waals surface area contributed by atoms with Crippen molar-refractivity contribution < 1.29 is 0 Å². The number of hydrazone groups is 1. The van der Waals surface area contributed by atoms with Crippen molar-refractivity contribution >= 4 is 17.9 Å². The lowest BCUT2D eigenvalue weighted by molar-refractivity contribution is 0.881. The summed E-state index contributed by atoms with van der Waals surface area (Å²) in [7, 11) is 4.00. The highest BCUT2D eigenvalue weighted by Crippen LogP contribution is 2.10. The first-order valence-corrected chi connectivity index (χ1v) is 5.05. The van der Waals surface area contributed by atoms with Crippen molar-refractivity contribution in [2.24, 2.45) is 5.10 Å². The molecular weight excluding hydrogens is 218 g/mol. The maximum atomic E-state index is 3.98. The Balaban J connectivity index is 1.96. The Bertz CT molecular complexity index is 472. The van der Waals surface area contributed by atoms with Gasteiger partial charge in [-0.15, -0.1) is 5.10 Å². The van der Waals surface area contributed by atoms with Crippen LogP contribution >= 0.6 is 0 Å². The van der Waals surface area contributed by atoms with Crippen molar-refractivity contribution in [1.82, 2.24) is 20.6 Å². The smallest absolute Gasteiger partial charge is 0.283 e. The van der Waals surface area contributed by atoms with Crippen LogP contribution in [0.5, 0.6) is 0 Å². The third-order valence-electron chi connectivity index (χ3n) is 2.13. The molecule has 0 atom stereocenters. The van der Waals surface area contributed by atoms with Crippen LogP contribution in [0, 0.1) is 0 Å². The summed E-state index contributed by atoms with van der Waals surface area (Å²) in [6, 6.07) is 8.01. The van der Waals surface area contributed by atoms with Crippen LogP contribution in [-0.2, 0) is 0 Å². The number of anilines is 2. The zero-order chi connectivity index (χ0) is 12.1. The van der Waals surface area contributed by atoms with Crippen molar-refractivity contribution in [3.05, 3.63) is 29.8 Å². The number of hydrogen-bond donors (Lipinski definition) is 2. The molecule has 0 spiro atoms. The molecule has 17 heavy (non-hydrogen) atoms. The number of rotatable bonds is 4. The molecule has 0 aliphatic rings. The zero-order valence-electron chi connectivity index (χ0n) is 9.62. The number of hydrogen-bond acceptors (Lipinski definition) is 6. The predicted molar refractivity (Wildman–Crippen MR) is 66.2 cm³/mol. The molecule has 0 unspecified atom stereocenters. The summed E-state index contributed by atoms with van der Waals surface area (Å²) in [5.41, 5.74) is 4.79. The second-order valence-corrected chi connectivity index (χ2v) is 3.59. The summed E-state index contributed by atoms with van der Waals surface area (Å²) in [6.07, 6.45) is 1.69. The molecule has 2 rings (SSSR count). The molecule has 0 saturated carbocycles. The fraction of sp³-hybridized carbons (Fsp3) is 0.200. The highest BCUT2D eigenvalue weighted by Gasteiger charge is 1.94. The Morgan fingerprint density at radius 1 is 1.29 bits per heavy atom. The van der Waals surface area contributed by atoms with E-state index < -0.39 is 0 Å². The minimum atomic E-state index is 0.339. The van der Waals surface area contributed by atoms with Crippen LogP contribution in [0.25, 0.3) is 0 Å². The second kappa shape index (κ2) is 5.06. The first kappa shape index (κ1) is 11.1. The summed E-state index contributed by atoms with van der Waals surface area (Å²) in [5, 5.41) is 17.1. The van der Waals surface area contributed by atoms with Gasteiger partial charge in [0.05, 0.1) is 6.21 Å². The minimum Gasteiger partial charge on any atom is -0.378 e. The van der Waals surface area contributed by atoms with Crippen molar-refractivity contribution in [2.45, 2.75) is 0 Å². The second-order valence-electron chi connectivity index (χ2n) is 3.59. The van der Waals surface area contributed by atoms with Gasteiger partial charge in [-0.2, -0.15) is 10.3 Å². The largest absolute Gasteiger partial charge is 0.378 e. The third kappa shape index (κ3) is 3.00. The van der Waals surface area contributed by atoms with E-state index in [-0.39, 0.29) is 0 Å². The molecule has 7 nitrogen and oxygen atoms in total. The van der Waals surface area contributed by atoms with Gasteiger partial charge in [0.15, 0.2) is 0 Å². The lowest BCUT2D eigenvalue weighted by Crippen LogP contribution is -2.08. The molecule has 0 bridgehead atoms. The van der Waals surface area contributed by atoms with E-state index in [1.165, 1.54) is 0 Å². The molecule has 88 valence electrons. The molecule has 0 fully saturated rings. The molecule has 0 radical (unpaired) electrons. The molecular formula is C10H13N7. The van der Waals surface area contributed by atoms with E-state index in [1.54, 1.807) is 6.21 Å². The van der Waals surface area contributed by atoms with Gasteiger partial charge in [-0.1, -0.05) is 17.2 Å². The predicted octanol–water partition coefficient (Wildman–Crippen LogP) is 0.712. The summed E-state index contributed by atoms with van der Waals surface area (Å²) in [5.74, 6) is 0.339. The standard InChI is InChI=1S/C10H13N7/c1-17(2)9-5-3-8(4-6-9)7-11-12-10-13-15-16-14-10/h3-7H,1-2H3,(H2,12,13,14,15,16)/b11-7-. The molecule has 1 aromatic carbocycles. The van der Waals surface area contributed by atoms with Crippen LogP contribution in [0.1, 0.15) is 5.56 Å². The Kier molecular flexibility index (Phi) is 3.29. The third-order valence-corrected chi connectivity index (χ3v) is 2.13. The average Bonchev–Trinajstić information content (AvgIpc) is 2.83. The molecule has 1 aromatic heterocycles. The van der Waals surface area contributed by atoms with E-state index >= 15 is 0 Å². The SMILES string of the molecule is CN(C)c1ccc(/C=N\Nc2nn[nH]n2)cc1. The fourth-order valence-corrected chi connectivity index (χ4v) is 1.23. The molecule has 7 heteroatoms. The van der Waals surface area contributed by atoms with Crippen LogP contribution in [-0.4, -0.2) is 40.9 Å². The van der Waals surface area contributed by atoms with Crippen molar-refractivity contribution in [2.75, 3.05) is 24.4 Å². The van der Waals surface area contributed by atoms with Crippen molar-refractivity contribution in [1.29, 1.82) is 0 Å². The van der Waals surface area contributed by atoms with E-state index in [0.717, 1.165) is 11.3 Å². The Hall–Kier alpha value is -2.44. The number of aromatic nitrogens is 4. The number of H-pyrrole nitrogens is 1. The van der Waals surface area contributed by atoms with E-state index in [1.807, 2.05) is 43.3 Å². The zero-order valence-corrected chi connectivity index (χ0v) is 9.62. The highest BCUT2D eigenvalue weighted by atomic mass is 15.5. The lowest BCUT2D eigenvalue weighted by atomic mass is 10.2.